The predicted octanol–water partition coefficient (Wildman–Crippen LogP) is 3.96. The summed E-state index contributed by atoms with van der Waals surface area (Å²) < 4.78 is 5.73. The van der Waals surface area contributed by atoms with Crippen LogP contribution in [0.15, 0.2) is 47.8 Å². The van der Waals surface area contributed by atoms with Crippen molar-refractivity contribution in [2.45, 2.75) is 32.1 Å². The van der Waals surface area contributed by atoms with Crippen LogP contribution in [0.5, 0.6) is 0 Å². The highest BCUT2D eigenvalue weighted by Gasteiger charge is 2.12. The molecule has 0 bridgehead atoms. The van der Waals surface area contributed by atoms with Gasteiger partial charge in [0.2, 0.25) is 0 Å². The molecule has 2 aromatic rings. The van der Waals surface area contributed by atoms with Crippen LogP contribution in [0.4, 0.5) is 0 Å². The summed E-state index contributed by atoms with van der Waals surface area (Å²) in [5, 5.41) is 15.4. The van der Waals surface area contributed by atoms with Gasteiger partial charge in [-0.15, -0.1) is 23.7 Å². The largest absolute Gasteiger partial charge is 0.389 e. The third-order valence-corrected chi connectivity index (χ3v) is 4.49. The third kappa shape index (κ3) is 6.07. The van der Waals surface area contributed by atoms with E-state index >= 15 is 0 Å². The average Bonchev–Trinajstić information content (AvgIpc) is 3.05. The van der Waals surface area contributed by atoms with E-state index in [9.17, 15) is 5.11 Å². The van der Waals surface area contributed by atoms with Gasteiger partial charge in [-0.1, -0.05) is 36.4 Å². The van der Waals surface area contributed by atoms with Crippen LogP contribution < -0.4 is 5.32 Å². The minimum absolute atomic E-state index is 0. The topological polar surface area (TPSA) is 41.5 Å². The zero-order valence-electron chi connectivity index (χ0n) is 12.9. The molecule has 0 fully saturated rings. The summed E-state index contributed by atoms with van der Waals surface area (Å²) in [5.41, 5.74) is 1.13. The zero-order chi connectivity index (χ0) is 15.1. The maximum atomic E-state index is 10.0. The fourth-order valence-electron chi connectivity index (χ4n) is 2.09. The van der Waals surface area contributed by atoms with Gasteiger partial charge in [-0.05, 0) is 30.9 Å². The molecule has 0 spiro atoms. The van der Waals surface area contributed by atoms with Crippen molar-refractivity contribution in [2.75, 3.05) is 13.2 Å². The van der Waals surface area contributed by atoms with E-state index in [0.717, 1.165) is 5.56 Å². The number of benzene rings is 1. The van der Waals surface area contributed by atoms with Crippen molar-refractivity contribution in [1.29, 1.82) is 0 Å². The molecule has 0 aliphatic rings. The predicted molar refractivity (Wildman–Crippen MR) is 94.8 cm³/mol. The Hall–Kier alpha value is -0.910. The Morgan fingerprint density at radius 2 is 1.86 bits per heavy atom. The minimum Gasteiger partial charge on any atom is -0.389 e. The summed E-state index contributed by atoms with van der Waals surface area (Å²) in [7, 11) is 0. The van der Waals surface area contributed by atoms with Crippen LogP contribution >= 0.6 is 23.7 Å². The SMILES string of the molecule is CC(NCC(O)COC(C)c1ccccc1)c1cccs1.Cl. The van der Waals surface area contributed by atoms with Crippen molar-refractivity contribution < 1.29 is 9.84 Å². The molecule has 22 heavy (non-hydrogen) atoms. The summed E-state index contributed by atoms with van der Waals surface area (Å²) in [4.78, 5) is 1.28. The molecule has 0 saturated carbocycles. The van der Waals surface area contributed by atoms with Crippen molar-refractivity contribution in [3.63, 3.8) is 0 Å². The van der Waals surface area contributed by atoms with Gasteiger partial charge in [0.15, 0.2) is 0 Å². The van der Waals surface area contributed by atoms with Crippen molar-refractivity contribution in [3.05, 3.63) is 58.3 Å². The van der Waals surface area contributed by atoms with E-state index in [4.69, 9.17) is 4.74 Å². The second-order valence-electron chi connectivity index (χ2n) is 5.19. The van der Waals surface area contributed by atoms with Gasteiger partial charge in [0.25, 0.3) is 0 Å². The Morgan fingerprint density at radius 3 is 2.50 bits per heavy atom. The van der Waals surface area contributed by atoms with Crippen LogP contribution in [0.3, 0.4) is 0 Å². The van der Waals surface area contributed by atoms with E-state index in [1.165, 1.54) is 4.88 Å². The summed E-state index contributed by atoms with van der Waals surface area (Å²) in [6, 6.07) is 14.4. The Bertz CT molecular complexity index is 507. The second kappa shape index (κ2) is 9.98. The van der Waals surface area contributed by atoms with E-state index in [0.29, 0.717) is 13.2 Å². The Balaban J connectivity index is 0.00000242. The monoisotopic (exact) mass is 341 g/mol. The average molecular weight is 342 g/mol. The van der Waals surface area contributed by atoms with Crippen LogP contribution in [0.2, 0.25) is 0 Å². The molecule has 5 heteroatoms. The third-order valence-electron chi connectivity index (χ3n) is 3.44. The standard InChI is InChI=1S/C17H23NO2S.ClH/c1-13(17-9-6-10-21-17)18-11-16(19)12-20-14(2)15-7-4-3-5-8-15;/h3-10,13-14,16,18-19H,11-12H2,1-2H3;1H. The fraction of sp³-hybridized carbons (Fsp3) is 0.412. The number of hydrogen-bond donors (Lipinski definition) is 2. The molecule has 0 aliphatic heterocycles. The van der Waals surface area contributed by atoms with E-state index < -0.39 is 6.10 Å². The molecular weight excluding hydrogens is 318 g/mol. The van der Waals surface area contributed by atoms with Gasteiger partial charge in [-0.3, -0.25) is 0 Å². The highest BCUT2D eigenvalue weighted by molar-refractivity contribution is 7.10. The maximum absolute atomic E-state index is 10.0. The molecule has 3 atom stereocenters. The molecule has 2 rings (SSSR count). The van der Waals surface area contributed by atoms with Crippen LogP contribution in [-0.2, 0) is 4.74 Å². The van der Waals surface area contributed by atoms with E-state index in [1.54, 1.807) is 11.3 Å². The molecule has 0 amide bonds. The molecule has 1 aromatic heterocycles. The lowest BCUT2D eigenvalue weighted by molar-refractivity contribution is -0.00273. The van der Waals surface area contributed by atoms with Crippen molar-refractivity contribution >= 4 is 23.7 Å². The maximum Gasteiger partial charge on any atom is 0.0898 e. The Kier molecular flexibility index (Phi) is 8.68. The summed E-state index contributed by atoms with van der Waals surface area (Å²) >= 11 is 1.72. The molecule has 2 N–H and O–H groups in total. The minimum atomic E-state index is -0.501. The number of ether oxygens (including phenoxy) is 1. The Morgan fingerprint density at radius 1 is 1.14 bits per heavy atom. The number of thiophene rings is 1. The quantitative estimate of drug-likeness (QED) is 0.763. The van der Waals surface area contributed by atoms with Gasteiger partial charge in [0, 0.05) is 17.5 Å². The van der Waals surface area contributed by atoms with Gasteiger partial charge >= 0.3 is 0 Å². The van der Waals surface area contributed by atoms with Crippen LogP contribution in [0.25, 0.3) is 0 Å². The summed E-state index contributed by atoms with van der Waals surface area (Å²) in [5.74, 6) is 0. The smallest absolute Gasteiger partial charge is 0.0898 e. The van der Waals surface area contributed by atoms with E-state index in [1.807, 2.05) is 43.3 Å². The molecule has 0 aliphatic carbocycles. The zero-order valence-corrected chi connectivity index (χ0v) is 14.6. The molecule has 1 aromatic carbocycles. The Labute approximate surface area is 142 Å². The first-order valence-corrected chi connectivity index (χ1v) is 8.16. The van der Waals surface area contributed by atoms with Gasteiger partial charge in [-0.2, -0.15) is 0 Å². The lowest BCUT2D eigenvalue weighted by atomic mass is 10.1. The number of aliphatic hydroxyl groups is 1. The van der Waals surface area contributed by atoms with Crippen molar-refractivity contribution in [3.8, 4) is 0 Å². The normalized spacial score (nSPS) is 14.9. The first kappa shape index (κ1) is 19.1. The van der Waals surface area contributed by atoms with Gasteiger partial charge in [0.05, 0.1) is 18.8 Å². The van der Waals surface area contributed by atoms with Gasteiger partial charge < -0.3 is 15.2 Å². The van der Waals surface area contributed by atoms with E-state index in [-0.39, 0.29) is 24.6 Å². The summed E-state index contributed by atoms with van der Waals surface area (Å²) in [6.07, 6.45) is -0.505. The molecule has 3 unspecified atom stereocenters. The van der Waals surface area contributed by atoms with Crippen LogP contribution in [0, 0.1) is 0 Å². The lowest BCUT2D eigenvalue weighted by Crippen LogP contribution is -2.32. The van der Waals surface area contributed by atoms with Gasteiger partial charge in [-0.25, -0.2) is 0 Å². The van der Waals surface area contributed by atoms with Crippen molar-refractivity contribution in [1.82, 2.24) is 5.32 Å². The second-order valence-corrected chi connectivity index (χ2v) is 6.16. The van der Waals surface area contributed by atoms with Crippen molar-refractivity contribution in [2.24, 2.45) is 0 Å². The van der Waals surface area contributed by atoms with E-state index in [2.05, 4.69) is 23.7 Å². The fourth-order valence-corrected chi connectivity index (χ4v) is 2.84. The molecule has 122 valence electrons. The number of aliphatic hydroxyl groups excluding tert-OH is 1. The summed E-state index contributed by atoms with van der Waals surface area (Å²) in [6.45, 7) is 4.97. The first-order chi connectivity index (χ1) is 10.2. The molecule has 0 radical (unpaired) electrons. The highest BCUT2D eigenvalue weighted by Crippen LogP contribution is 2.18. The molecule has 0 saturated heterocycles. The number of nitrogens with one attached hydrogen (secondary N) is 1. The highest BCUT2D eigenvalue weighted by atomic mass is 35.5. The number of halogens is 1. The lowest BCUT2D eigenvalue weighted by Gasteiger charge is -2.19. The van der Waals surface area contributed by atoms with Crippen LogP contribution in [0.1, 0.15) is 36.4 Å². The number of rotatable bonds is 8. The van der Waals surface area contributed by atoms with Gasteiger partial charge in [0.1, 0.15) is 0 Å². The molecule has 1 heterocycles. The molecule has 3 nitrogen and oxygen atoms in total. The van der Waals surface area contributed by atoms with Crippen LogP contribution in [-0.4, -0.2) is 24.4 Å². The first-order valence-electron chi connectivity index (χ1n) is 7.28. The number of hydrogen-bond acceptors (Lipinski definition) is 4. The molecular formula is C17H24ClNO2S.